The van der Waals surface area contributed by atoms with E-state index in [2.05, 4.69) is 37.3 Å². The van der Waals surface area contributed by atoms with Crippen molar-refractivity contribution in [3.8, 4) is 17.5 Å². The van der Waals surface area contributed by atoms with Crippen molar-refractivity contribution in [2.75, 3.05) is 5.32 Å². The Morgan fingerprint density at radius 2 is 1.91 bits per heavy atom. The van der Waals surface area contributed by atoms with Gasteiger partial charge in [-0.25, -0.2) is 13.6 Å². The second-order valence-electron chi connectivity index (χ2n) is 11.5. The van der Waals surface area contributed by atoms with Gasteiger partial charge in [-0.15, -0.1) is 10.2 Å². The normalized spacial score (nSPS) is 21.8. The molecule has 13 heteroatoms. The van der Waals surface area contributed by atoms with Gasteiger partial charge in [0.05, 0.1) is 17.0 Å². The smallest absolute Gasteiger partial charge is 0.413 e. The number of tetrazole rings is 1. The van der Waals surface area contributed by atoms with Crippen LogP contribution < -0.4 is 10.6 Å². The van der Waals surface area contributed by atoms with Crippen molar-refractivity contribution in [2.45, 2.75) is 50.8 Å². The molecule has 9 nitrogen and oxygen atoms in total. The first kappa shape index (κ1) is 30.4. The number of nitriles is 1. The van der Waals surface area contributed by atoms with E-state index in [-0.39, 0.29) is 26.6 Å². The fourth-order valence-electron chi connectivity index (χ4n) is 5.66. The van der Waals surface area contributed by atoms with E-state index in [0.29, 0.717) is 23.5 Å². The molecular weight excluding hydrogens is 599 g/mol. The van der Waals surface area contributed by atoms with Gasteiger partial charge >= 0.3 is 6.09 Å². The summed E-state index contributed by atoms with van der Waals surface area (Å²) in [5.41, 5.74) is -1.19. The van der Waals surface area contributed by atoms with E-state index in [9.17, 15) is 10.1 Å². The van der Waals surface area contributed by atoms with Gasteiger partial charge in [0, 0.05) is 27.9 Å². The van der Waals surface area contributed by atoms with E-state index in [4.69, 9.17) is 27.9 Å². The van der Waals surface area contributed by atoms with Gasteiger partial charge in [-0.3, -0.25) is 10.6 Å². The zero-order chi connectivity index (χ0) is 30.9. The average Bonchev–Trinajstić information content (AvgIpc) is 3.57. The van der Waals surface area contributed by atoms with Gasteiger partial charge in [0.2, 0.25) is 5.82 Å². The highest BCUT2D eigenvalue weighted by atomic mass is 35.5. The number of rotatable bonds is 6. The fraction of sp³-hybridized carbons (Fsp3) is 0.300. The standard InChI is InChI=1S/C30H27Cl2F2N7O2/c1-29(2,3)14-23-30(15-35,20-11-10-17(31)13-22(20)33)24(19-8-5-9-21(32)25(19)34)27(37-23)43-28(42)36-18-7-4-6-16(12-18)26-38-40-41-39-26/h4-13,23-24,27,37H,14H2,1-3H3,(H,36,42)(H,38,39,40,41)/t23-,24-,27+,30-/m1/s1. The fourth-order valence-corrected chi connectivity index (χ4v) is 6.00. The summed E-state index contributed by atoms with van der Waals surface area (Å²) in [7, 11) is 0. The van der Waals surface area contributed by atoms with E-state index in [1.165, 1.54) is 30.3 Å². The molecule has 0 radical (unpaired) electrons. The SMILES string of the molecule is CC(C)(C)C[C@H]1N[C@@H](OC(=O)Nc2cccc(-c3nn[nH]n3)c2)[C@@H](c2cccc(Cl)c2F)[C@]1(C#N)c1ccc(Cl)cc1F. The molecule has 0 unspecified atom stereocenters. The minimum atomic E-state index is -1.74. The Labute approximate surface area is 256 Å². The maximum atomic E-state index is 15.8. The molecule has 1 saturated heterocycles. The van der Waals surface area contributed by atoms with Gasteiger partial charge in [-0.1, -0.05) is 74.3 Å². The Bertz CT molecular complexity index is 1690. The van der Waals surface area contributed by atoms with Crippen molar-refractivity contribution >= 4 is 35.0 Å². The number of halogens is 4. The zero-order valence-corrected chi connectivity index (χ0v) is 24.8. The van der Waals surface area contributed by atoms with Gasteiger partial charge in [-0.2, -0.15) is 10.5 Å². The van der Waals surface area contributed by atoms with Gasteiger partial charge in [0.25, 0.3) is 0 Å². The van der Waals surface area contributed by atoms with Crippen LogP contribution in [0.2, 0.25) is 10.0 Å². The number of hydrogen-bond donors (Lipinski definition) is 3. The summed E-state index contributed by atoms with van der Waals surface area (Å²) in [4.78, 5) is 13.3. The van der Waals surface area contributed by atoms with E-state index in [1.807, 2.05) is 20.8 Å². The van der Waals surface area contributed by atoms with E-state index in [1.54, 1.807) is 24.3 Å². The number of hydrogen-bond acceptors (Lipinski definition) is 7. The molecule has 5 rings (SSSR count). The molecule has 3 N–H and O–H groups in total. The Balaban J connectivity index is 1.59. The molecule has 0 saturated carbocycles. The van der Waals surface area contributed by atoms with Crippen molar-refractivity contribution in [2.24, 2.45) is 5.41 Å². The Morgan fingerprint density at radius 3 is 2.58 bits per heavy atom. The molecule has 1 aliphatic heterocycles. The molecule has 1 aromatic heterocycles. The highest BCUT2D eigenvalue weighted by molar-refractivity contribution is 6.31. The molecule has 43 heavy (non-hydrogen) atoms. The van der Waals surface area contributed by atoms with E-state index in [0.717, 1.165) is 6.07 Å². The molecule has 0 aliphatic carbocycles. The van der Waals surface area contributed by atoms with Crippen LogP contribution in [-0.4, -0.2) is 39.0 Å². The largest absolute Gasteiger partial charge is 0.429 e. The summed E-state index contributed by atoms with van der Waals surface area (Å²) in [6.45, 7) is 5.88. The van der Waals surface area contributed by atoms with Crippen LogP contribution in [0.1, 0.15) is 44.2 Å². The number of ether oxygens (including phenoxy) is 1. The number of H-pyrrole nitrogens is 1. The van der Waals surface area contributed by atoms with Crippen LogP contribution in [0.4, 0.5) is 19.3 Å². The minimum absolute atomic E-state index is 0.00940. The highest BCUT2D eigenvalue weighted by Crippen LogP contribution is 2.53. The monoisotopic (exact) mass is 625 g/mol. The lowest BCUT2D eigenvalue weighted by molar-refractivity contribution is 0.0851. The number of aromatic nitrogens is 4. The number of benzene rings is 3. The number of aromatic amines is 1. The summed E-state index contributed by atoms with van der Waals surface area (Å²) in [5.74, 6) is -2.44. The molecule has 1 aliphatic rings. The molecule has 1 fully saturated rings. The molecule has 4 aromatic rings. The minimum Gasteiger partial charge on any atom is -0.429 e. The third-order valence-corrected chi connectivity index (χ3v) is 7.88. The molecule has 3 aromatic carbocycles. The van der Waals surface area contributed by atoms with Crippen LogP contribution in [0.3, 0.4) is 0 Å². The van der Waals surface area contributed by atoms with Crippen molar-refractivity contribution in [1.82, 2.24) is 25.9 Å². The average molecular weight is 626 g/mol. The number of carbonyl (C=O) groups excluding carboxylic acids is 1. The number of anilines is 1. The van der Waals surface area contributed by atoms with Gasteiger partial charge in [0.1, 0.15) is 17.0 Å². The Hall–Kier alpha value is -4.11. The van der Waals surface area contributed by atoms with Crippen LogP contribution in [0, 0.1) is 28.4 Å². The maximum Gasteiger partial charge on any atom is 0.413 e. The molecule has 0 bridgehead atoms. The number of nitrogens with one attached hydrogen (secondary N) is 3. The lowest BCUT2D eigenvalue weighted by Crippen LogP contribution is -2.44. The van der Waals surface area contributed by atoms with Crippen LogP contribution >= 0.6 is 23.2 Å². The Kier molecular flexibility index (Phi) is 8.38. The summed E-state index contributed by atoms with van der Waals surface area (Å²) in [5, 5.41) is 30.5. The lowest BCUT2D eigenvalue weighted by atomic mass is 9.63. The molecule has 0 spiro atoms. The maximum absolute atomic E-state index is 15.8. The number of nitrogens with zero attached hydrogens (tertiary/aromatic N) is 4. The third kappa shape index (κ3) is 6.04. The lowest BCUT2D eigenvalue weighted by Gasteiger charge is -2.37. The molecule has 4 atom stereocenters. The van der Waals surface area contributed by atoms with Crippen molar-refractivity contribution in [3.05, 3.63) is 93.5 Å². The van der Waals surface area contributed by atoms with Crippen LogP contribution in [0.5, 0.6) is 0 Å². The summed E-state index contributed by atoms with van der Waals surface area (Å²) in [6, 6.07) is 16.5. The Morgan fingerprint density at radius 1 is 1.14 bits per heavy atom. The van der Waals surface area contributed by atoms with E-state index < -0.39 is 41.3 Å². The van der Waals surface area contributed by atoms with Crippen molar-refractivity contribution < 1.29 is 18.3 Å². The zero-order valence-electron chi connectivity index (χ0n) is 23.3. The summed E-state index contributed by atoms with van der Waals surface area (Å²) >= 11 is 12.2. The van der Waals surface area contributed by atoms with Gasteiger partial charge in [0.15, 0.2) is 6.23 Å². The first-order chi connectivity index (χ1) is 20.4. The molecular formula is C30H27Cl2F2N7O2. The number of carbonyl (C=O) groups is 1. The quantitative estimate of drug-likeness (QED) is 0.211. The summed E-state index contributed by atoms with van der Waals surface area (Å²) in [6.07, 6.45) is -1.82. The third-order valence-electron chi connectivity index (χ3n) is 7.35. The van der Waals surface area contributed by atoms with Gasteiger partial charge < -0.3 is 4.74 Å². The highest BCUT2D eigenvalue weighted by Gasteiger charge is 2.61. The summed E-state index contributed by atoms with van der Waals surface area (Å²) < 4.78 is 37.4. The number of amides is 1. The second-order valence-corrected chi connectivity index (χ2v) is 12.3. The molecule has 2 heterocycles. The predicted molar refractivity (Wildman–Crippen MR) is 157 cm³/mol. The van der Waals surface area contributed by atoms with Crippen molar-refractivity contribution in [1.29, 1.82) is 5.26 Å². The molecule has 1 amide bonds. The van der Waals surface area contributed by atoms with Crippen molar-refractivity contribution in [3.63, 3.8) is 0 Å². The second kappa shape index (κ2) is 11.9. The van der Waals surface area contributed by atoms with Crippen LogP contribution in [0.15, 0.2) is 60.7 Å². The molecule has 222 valence electrons. The predicted octanol–water partition coefficient (Wildman–Crippen LogP) is 6.98. The van der Waals surface area contributed by atoms with Crippen LogP contribution in [-0.2, 0) is 10.2 Å². The van der Waals surface area contributed by atoms with E-state index >= 15 is 8.78 Å². The topological polar surface area (TPSA) is 129 Å². The first-order valence-corrected chi connectivity index (χ1v) is 14.1. The van der Waals surface area contributed by atoms with Crippen LogP contribution in [0.25, 0.3) is 11.4 Å². The van der Waals surface area contributed by atoms with Gasteiger partial charge in [-0.05, 0) is 52.9 Å². The first-order valence-electron chi connectivity index (χ1n) is 13.3.